The summed E-state index contributed by atoms with van der Waals surface area (Å²) < 4.78 is 10.7. The molecular weight excluding hydrogens is 238 g/mol. The number of hydrogen-bond acceptors (Lipinski definition) is 3. The quantitative estimate of drug-likeness (QED) is 0.809. The summed E-state index contributed by atoms with van der Waals surface area (Å²) in [6.07, 6.45) is 0.875. The molecule has 0 bridgehead atoms. The second kappa shape index (κ2) is 6.81. The van der Waals surface area contributed by atoms with Crippen molar-refractivity contribution in [2.24, 2.45) is 5.73 Å². The summed E-state index contributed by atoms with van der Waals surface area (Å²) in [6, 6.07) is 16.1. The SMILES string of the molecule is COc1ccc(-c2ccc(OCCCN)cc2)cc1. The number of benzene rings is 2. The Morgan fingerprint density at radius 3 is 1.84 bits per heavy atom. The molecule has 0 atom stereocenters. The van der Waals surface area contributed by atoms with Crippen molar-refractivity contribution in [2.75, 3.05) is 20.3 Å². The number of rotatable bonds is 6. The Labute approximate surface area is 114 Å². The molecule has 0 amide bonds. The highest BCUT2D eigenvalue weighted by atomic mass is 16.5. The molecule has 0 saturated carbocycles. The first-order valence-corrected chi connectivity index (χ1v) is 6.41. The van der Waals surface area contributed by atoms with Crippen molar-refractivity contribution < 1.29 is 9.47 Å². The van der Waals surface area contributed by atoms with Crippen LogP contribution >= 0.6 is 0 Å². The minimum absolute atomic E-state index is 0.657. The molecule has 0 aliphatic rings. The van der Waals surface area contributed by atoms with Gasteiger partial charge in [-0.15, -0.1) is 0 Å². The lowest BCUT2D eigenvalue weighted by atomic mass is 10.1. The topological polar surface area (TPSA) is 44.5 Å². The van der Waals surface area contributed by atoms with Gasteiger partial charge in [0.25, 0.3) is 0 Å². The first-order chi connectivity index (χ1) is 9.33. The van der Waals surface area contributed by atoms with Crippen LogP contribution in [0.4, 0.5) is 0 Å². The Morgan fingerprint density at radius 2 is 1.37 bits per heavy atom. The van der Waals surface area contributed by atoms with E-state index in [4.69, 9.17) is 15.2 Å². The van der Waals surface area contributed by atoms with Crippen LogP contribution in [0.3, 0.4) is 0 Å². The highest BCUT2D eigenvalue weighted by Gasteiger charge is 1.99. The van der Waals surface area contributed by atoms with Crippen LogP contribution in [0.5, 0.6) is 11.5 Å². The third-order valence-corrected chi connectivity index (χ3v) is 2.89. The van der Waals surface area contributed by atoms with Crippen LogP contribution in [-0.2, 0) is 0 Å². The first-order valence-electron chi connectivity index (χ1n) is 6.41. The van der Waals surface area contributed by atoms with Gasteiger partial charge < -0.3 is 15.2 Å². The summed E-state index contributed by atoms with van der Waals surface area (Å²) in [4.78, 5) is 0. The van der Waals surface area contributed by atoms with E-state index in [9.17, 15) is 0 Å². The Balaban J connectivity index is 2.04. The van der Waals surface area contributed by atoms with Crippen LogP contribution in [0.1, 0.15) is 6.42 Å². The van der Waals surface area contributed by atoms with E-state index in [1.54, 1.807) is 7.11 Å². The lowest BCUT2D eigenvalue weighted by Gasteiger charge is -2.07. The molecule has 100 valence electrons. The fourth-order valence-corrected chi connectivity index (χ4v) is 1.80. The Bertz CT molecular complexity index is 491. The normalized spacial score (nSPS) is 10.2. The van der Waals surface area contributed by atoms with E-state index in [0.717, 1.165) is 29.0 Å². The van der Waals surface area contributed by atoms with Crippen molar-refractivity contribution in [1.82, 2.24) is 0 Å². The van der Waals surface area contributed by atoms with Crippen molar-refractivity contribution in [1.29, 1.82) is 0 Å². The highest BCUT2D eigenvalue weighted by molar-refractivity contribution is 5.64. The van der Waals surface area contributed by atoms with Crippen molar-refractivity contribution in [3.8, 4) is 22.6 Å². The van der Waals surface area contributed by atoms with Crippen LogP contribution in [0, 0.1) is 0 Å². The summed E-state index contributed by atoms with van der Waals surface area (Å²) >= 11 is 0. The molecule has 0 heterocycles. The van der Waals surface area contributed by atoms with Gasteiger partial charge in [-0.25, -0.2) is 0 Å². The lowest BCUT2D eigenvalue weighted by Crippen LogP contribution is -2.05. The number of methoxy groups -OCH3 is 1. The molecule has 0 saturated heterocycles. The fourth-order valence-electron chi connectivity index (χ4n) is 1.80. The van der Waals surface area contributed by atoms with E-state index in [1.165, 1.54) is 0 Å². The largest absolute Gasteiger partial charge is 0.497 e. The predicted molar refractivity (Wildman–Crippen MR) is 77.6 cm³/mol. The fraction of sp³-hybridized carbons (Fsp3) is 0.250. The van der Waals surface area contributed by atoms with Gasteiger partial charge in [-0.05, 0) is 48.4 Å². The van der Waals surface area contributed by atoms with Crippen molar-refractivity contribution in [3.05, 3.63) is 48.5 Å². The minimum atomic E-state index is 0.657. The maximum Gasteiger partial charge on any atom is 0.119 e. The highest BCUT2D eigenvalue weighted by Crippen LogP contribution is 2.24. The molecule has 0 unspecified atom stereocenters. The predicted octanol–water partition coefficient (Wildman–Crippen LogP) is 3.09. The maximum atomic E-state index is 5.57. The molecule has 0 aromatic heterocycles. The Morgan fingerprint density at radius 1 is 0.842 bits per heavy atom. The van der Waals surface area contributed by atoms with E-state index in [1.807, 2.05) is 36.4 Å². The average molecular weight is 257 g/mol. The van der Waals surface area contributed by atoms with Crippen molar-refractivity contribution >= 4 is 0 Å². The smallest absolute Gasteiger partial charge is 0.119 e. The Kier molecular flexibility index (Phi) is 4.81. The van der Waals surface area contributed by atoms with Gasteiger partial charge in [0.15, 0.2) is 0 Å². The van der Waals surface area contributed by atoms with Crippen LogP contribution in [0.15, 0.2) is 48.5 Å². The molecule has 2 rings (SSSR count). The monoisotopic (exact) mass is 257 g/mol. The number of ether oxygens (including phenoxy) is 2. The summed E-state index contributed by atoms with van der Waals surface area (Å²) in [5, 5.41) is 0. The van der Waals surface area contributed by atoms with Gasteiger partial charge in [-0.2, -0.15) is 0 Å². The summed E-state index contributed by atoms with van der Waals surface area (Å²) in [5.41, 5.74) is 7.75. The molecule has 0 radical (unpaired) electrons. The zero-order valence-electron chi connectivity index (χ0n) is 11.1. The second-order valence-electron chi connectivity index (χ2n) is 4.24. The number of hydrogen-bond donors (Lipinski definition) is 1. The van der Waals surface area contributed by atoms with Crippen LogP contribution in [-0.4, -0.2) is 20.3 Å². The molecule has 0 aliphatic heterocycles. The maximum absolute atomic E-state index is 5.57. The van der Waals surface area contributed by atoms with E-state index in [0.29, 0.717) is 13.2 Å². The first kappa shape index (κ1) is 13.4. The molecule has 0 aliphatic carbocycles. The van der Waals surface area contributed by atoms with E-state index in [2.05, 4.69) is 12.1 Å². The molecule has 0 fully saturated rings. The molecule has 0 spiro atoms. The molecule has 3 nitrogen and oxygen atoms in total. The standard InChI is InChI=1S/C16H19NO2/c1-18-15-7-3-13(4-8-15)14-5-9-16(10-6-14)19-12-2-11-17/h3-10H,2,11-12,17H2,1H3. The summed E-state index contributed by atoms with van der Waals surface area (Å²) in [6.45, 7) is 1.32. The lowest BCUT2D eigenvalue weighted by molar-refractivity contribution is 0.313. The summed E-state index contributed by atoms with van der Waals surface area (Å²) in [5.74, 6) is 1.75. The van der Waals surface area contributed by atoms with E-state index in [-0.39, 0.29) is 0 Å². The van der Waals surface area contributed by atoms with Gasteiger partial charge in [0.2, 0.25) is 0 Å². The molecular formula is C16H19NO2. The Hall–Kier alpha value is -2.00. The molecule has 2 aromatic carbocycles. The zero-order valence-corrected chi connectivity index (χ0v) is 11.1. The third kappa shape index (κ3) is 3.73. The third-order valence-electron chi connectivity index (χ3n) is 2.89. The van der Waals surface area contributed by atoms with Gasteiger partial charge in [0.1, 0.15) is 11.5 Å². The molecule has 19 heavy (non-hydrogen) atoms. The molecule has 3 heteroatoms. The molecule has 2 aromatic rings. The second-order valence-corrected chi connectivity index (χ2v) is 4.24. The van der Waals surface area contributed by atoms with Crippen LogP contribution in [0.2, 0.25) is 0 Å². The van der Waals surface area contributed by atoms with Gasteiger partial charge in [0, 0.05) is 0 Å². The van der Waals surface area contributed by atoms with Crippen molar-refractivity contribution in [3.63, 3.8) is 0 Å². The molecule has 2 N–H and O–H groups in total. The van der Waals surface area contributed by atoms with Crippen LogP contribution < -0.4 is 15.2 Å². The average Bonchev–Trinajstić information content (AvgIpc) is 2.48. The van der Waals surface area contributed by atoms with Crippen molar-refractivity contribution in [2.45, 2.75) is 6.42 Å². The van der Waals surface area contributed by atoms with Gasteiger partial charge in [-0.1, -0.05) is 24.3 Å². The minimum Gasteiger partial charge on any atom is -0.497 e. The zero-order chi connectivity index (χ0) is 13.5. The van der Waals surface area contributed by atoms with Gasteiger partial charge in [-0.3, -0.25) is 0 Å². The van der Waals surface area contributed by atoms with Gasteiger partial charge >= 0.3 is 0 Å². The van der Waals surface area contributed by atoms with Crippen LogP contribution in [0.25, 0.3) is 11.1 Å². The summed E-state index contributed by atoms with van der Waals surface area (Å²) in [7, 11) is 1.67. The van der Waals surface area contributed by atoms with E-state index < -0.39 is 0 Å². The van der Waals surface area contributed by atoms with Gasteiger partial charge in [0.05, 0.1) is 13.7 Å². The van der Waals surface area contributed by atoms with E-state index >= 15 is 0 Å². The number of nitrogens with two attached hydrogens (primary N) is 1.